The third-order valence-corrected chi connectivity index (χ3v) is 3.22. The molecule has 0 radical (unpaired) electrons. The molecule has 0 saturated carbocycles. The van der Waals surface area contributed by atoms with E-state index in [1.54, 1.807) is 6.92 Å². The van der Waals surface area contributed by atoms with Crippen molar-refractivity contribution >= 4 is 17.5 Å². The highest BCUT2D eigenvalue weighted by molar-refractivity contribution is 6.01. The number of amides is 2. The number of rotatable bonds is 6. The van der Waals surface area contributed by atoms with Gasteiger partial charge in [-0.3, -0.25) is 9.59 Å². The van der Waals surface area contributed by atoms with Gasteiger partial charge in [-0.25, -0.2) is 4.39 Å². The Bertz CT molecular complexity index is 781. The molecule has 132 valence electrons. The monoisotopic (exact) mass is 352 g/mol. The number of aryl methyl sites for hydroxylation is 1. The average molecular weight is 352 g/mol. The number of hydrogen-bond donors (Lipinski definition) is 2. The molecular weight excluding hydrogens is 337 g/mol. The zero-order valence-electron chi connectivity index (χ0n) is 13.2. The molecule has 0 spiro atoms. The van der Waals surface area contributed by atoms with E-state index in [0.717, 1.165) is 0 Å². The molecule has 0 aliphatic carbocycles. The molecule has 0 saturated heterocycles. The van der Waals surface area contributed by atoms with Gasteiger partial charge < -0.3 is 15.4 Å². The summed E-state index contributed by atoms with van der Waals surface area (Å²) in [4.78, 5) is 23.9. The van der Waals surface area contributed by atoms with Crippen LogP contribution < -0.4 is 15.4 Å². The van der Waals surface area contributed by atoms with Crippen molar-refractivity contribution in [3.63, 3.8) is 0 Å². The maximum atomic E-state index is 13.0. The summed E-state index contributed by atoms with van der Waals surface area (Å²) in [6, 6.07) is 9.30. The highest BCUT2D eigenvalue weighted by Crippen LogP contribution is 2.20. The maximum Gasteiger partial charge on any atom is 0.387 e. The Balaban J connectivity index is 1.97. The van der Waals surface area contributed by atoms with Crippen LogP contribution in [0.1, 0.15) is 15.9 Å². The van der Waals surface area contributed by atoms with E-state index < -0.39 is 30.8 Å². The third-order valence-electron chi connectivity index (χ3n) is 3.22. The van der Waals surface area contributed by atoms with Crippen LogP contribution in [0.25, 0.3) is 0 Å². The van der Waals surface area contributed by atoms with Crippen LogP contribution in [0, 0.1) is 12.7 Å². The van der Waals surface area contributed by atoms with Gasteiger partial charge in [0.15, 0.2) is 0 Å². The van der Waals surface area contributed by atoms with E-state index in [1.807, 2.05) is 0 Å². The standard InChI is InChI=1S/C17H15F3N2O3/c1-10-8-11(18)6-7-13(10)22-15(23)9-21-16(24)12-4-2-3-5-14(12)25-17(19)20/h2-8,17H,9H2,1H3,(H,21,24)(H,22,23). The molecule has 0 atom stereocenters. The van der Waals surface area contributed by atoms with Gasteiger partial charge in [-0.15, -0.1) is 0 Å². The summed E-state index contributed by atoms with van der Waals surface area (Å²) in [7, 11) is 0. The normalized spacial score (nSPS) is 10.4. The number of carbonyl (C=O) groups excluding carboxylic acids is 2. The van der Waals surface area contributed by atoms with Crippen molar-refractivity contribution in [2.75, 3.05) is 11.9 Å². The van der Waals surface area contributed by atoms with E-state index in [2.05, 4.69) is 15.4 Å². The zero-order valence-corrected chi connectivity index (χ0v) is 13.2. The first-order valence-corrected chi connectivity index (χ1v) is 7.25. The van der Waals surface area contributed by atoms with Gasteiger partial charge in [0, 0.05) is 5.69 Å². The second-order valence-electron chi connectivity index (χ2n) is 5.06. The number of ether oxygens (including phenoxy) is 1. The van der Waals surface area contributed by atoms with Crippen LogP contribution in [0.15, 0.2) is 42.5 Å². The fraction of sp³-hybridized carbons (Fsp3) is 0.176. The molecule has 8 heteroatoms. The number of nitrogens with one attached hydrogen (secondary N) is 2. The van der Waals surface area contributed by atoms with Gasteiger partial charge in [-0.1, -0.05) is 12.1 Å². The summed E-state index contributed by atoms with van der Waals surface area (Å²) in [5, 5.41) is 4.83. The van der Waals surface area contributed by atoms with E-state index >= 15 is 0 Å². The summed E-state index contributed by atoms with van der Waals surface area (Å²) < 4.78 is 42.0. The Morgan fingerprint density at radius 3 is 2.56 bits per heavy atom. The van der Waals surface area contributed by atoms with Crippen molar-refractivity contribution in [1.29, 1.82) is 0 Å². The fourth-order valence-corrected chi connectivity index (χ4v) is 2.07. The lowest BCUT2D eigenvalue weighted by atomic mass is 10.2. The van der Waals surface area contributed by atoms with Crippen molar-refractivity contribution in [3.05, 3.63) is 59.4 Å². The van der Waals surface area contributed by atoms with Crippen molar-refractivity contribution < 1.29 is 27.5 Å². The summed E-state index contributed by atoms with van der Waals surface area (Å²) in [5.41, 5.74) is 0.811. The number of anilines is 1. The maximum absolute atomic E-state index is 13.0. The predicted octanol–water partition coefficient (Wildman–Crippen LogP) is 3.10. The molecule has 0 unspecified atom stereocenters. The lowest BCUT2D eigenvalue weighted by Crippen LogP contribution is -2.33. The molecule has 0 heterocycles. The average Bonchev–Trinajstić information content (AvgIpc) is 2.55. The molecule has 5 nitrogen and oxygen atoms in total. The van der Waals surface area contributed by atoms with E-state index in [9.17, 15) is 22.8 Å². The second kappa shape index (κ2) is 8.18. The first kappa shape index (κ1) is 18.3. The minimum atomic E-state index is -3.07. The van der Waals surface area contributed by atoms with Gasteiger partial charge >= 0.3 is 6.61 Å². The van der Waals surface area contributed by atoms with Crippen LogP contribution in [-0.2, 0) is 4.79 Å². The molecule has 0 fully saturated rings. The highest BCUT2D eigenvalue weighted by atomic mass is 19.3. The Labute approximate surface area is 141 Å². The van der Waals surface area contributed by atoms with Crippen molar-refractivity contribution in [3.8, 4) is 5.75 Å². The quantitative estimate of drug-likeness (QED) is 0.839. The molecule has 2 rings (SSSR count). The van der Waals surface area contributed by atoms with E-state index in [0.29, 0.717) is 11.3 Å². The minimum Gasteiger partial charge on any atom is -0.434 e. The molecule has 0 aromatic heterocycles. The van der Waals surface area contributed by atoms with Crippen LogP contribution in [0.4, 0.5) is 18.9 Å². The third kappa shape index (κ3) is 5.23. The molecule has 0 aliphatic heterocycles. The number of halogens is 3. The van der Waals surface area contributed by atoms with Crippen LogP contribution >= 0.6 is 0 Å². The van der Waals surface area contributed by atoms with E-state index in [4.69, 9.17) is 0 Å². The lowest BCUT2D eigenvalue weighted by Gasteiger charge is -2.11. The summed E-state index contributed by atoms with van der Waals surface area (Å²) >= 11 is 0. The van der Waals surface area contributed by atoms with Gasteiger partial charge in [-0.05, 0) is 42.8 Å². The predicted molar refractivity (Wildman–Crippen MR) is 85.2 cm³/mol. The number of para-hydroxylation sites is 1. The van der Waals surface area contributed by atoms with Crippen molar-refractivity contribution in [2.24, 2.45) is 0 Å². The van der Waals surface area contributed by atoms with E-state index in [-0.39, 0.29) is 11.3 Å². The first-order valence-electron chi connectivity index (χ1n) is 7.25. The Kier molecular flexibility index (Phi) is 5.99. The number of hydrogen-bond acceptors (Lipinski definition) is 3. The molecular formula is C17H15F3N2O3. The minimum absolute atomic E-state index is 0.117. The SMILES string of the molecule is Cc1cc(F)ccc1NC(=O)CNC(=O)c1ccccc1OC(F)F. The van der Waals surface area contributed by atoms with Crippen LogP contribution in [-0.4, -0.2) is 25.0 Å². The Morgan fingerprint density at radius 1 is 1.16 bits per heavy atom. The van der Waals surface area contributed by atoms with Gasteiger partial charge in [0.05, 0.1) is 12.1 Å². The molecule has 2 aromatic carbocycles. The van der Waals surface area contributed by atoms with E-state index in [1.165, 1.54) is 42.5 Å². The smallest absolute Gasteiger partial charge is 0.387 e. The first-order chi connectivity index (χ1) is 11.9. The summed E-state index contributed by atoms with van der Waals surface area (Å²) in [6.07, 6.45) is 0. The van der Waals surface area contributed by atoms with Crippen molar-refractivity contribution in [1.82, 2.24) is 5.32 Å². The van der Waals surface area contributed by atoms with Gasteiger partial charge in [0.25, 0.3) is 5.91 Å². The largest absolute Gasteiger partial charge is 0.434 e. The molecule has 2 N–H and O–H groups in total. The van der Waals surface area contributed by atoms with Crippen LogP contribution in [0.5, 0.6) is 5.75 Å². The number of carbonyl (C=O) groups is 2. The second-order valence-corrected chi connectivity index (χ2v) is 5.06. The molecule has 25 heavy (non-hydrogen) atoms. The van der Waals surface area contributed by atoms with Crippen LogP contribution in [0.2, 0.25) is 0 Å². The molecule has 2 aromatic rings. The fourth-order valence-electron chi connectivity index (χ4n) is 2.07. The zero-order chi connectivity index (χ0) is 18.4. The Hall–Kier alpha value is -3.03. The molecule has 0 aliphatic rings. The van der Waals surface area contributed by atoms with Gasteiger partial charge in [0.2, 0.25) is 5.91 Å². The number of alkyl halides is 2. The summed E-state index contributed by atoms with van der Waals surface area (Å²) in [5.74, 6) is -2.00. The highest BCUT2D eigenvalue weighted by Gasteiger charge is 2.16. The molecule has 2 amide bonds. The van der Waals surface area contributed by atoms with Gasteiger partial charge in [0.1, 0.15) is 11.6 Å². The Morgan fingerprint density at radius 2 is 1.88 bits per heavy atom. The van der Waals surface area contributed by atoms with Gasteiger partial charge in [-0.2, -0.15) is 8.78 Å². The van der Waals surface area contributed by atoms with Crippen molar-refractivity contribution in [2.45, 2.75) is 13.5 Å². The topological polar surface area (TPSA) is 67.4 Å². The molecule has 0 bridgehead atoms. The summed E-state index contributed by atoms with van der Waals surface area (Å²) in [6.45, 7) is -1.84. The number of benzene rings is 2. The lowest BCUT2D eigenvalue weighted by molar-refractivity contribution is -0.115. The van der Waals surface area contributed by atoms with Crippen LogP contribution in [0.3, 0.4) is 0 Å².